The number of rotatable bonds is 3. The Morgan fingerprint density at radius 2 is 2.00 bits per heavy atom. The maximum atomic E-state index is 12.8. The minimum atomic E-state index is -4.09. The second-order valence-electron chi connectivity index (χ2n) is 5.45. The van der Waals surface area contributed by atoms with Gasteiger partial charge in [-0.2, -0.15) is 13.2 Å². The zero-order chi connectivity index (χ0) is 14.8. The molecule has 1 aliphatic rings. The fraction of sp³-hybridized carbons (Fsp3) is 0.600. The summed E-state index contributed by atoms with van der Waals surface area (Å²) in [5, 5.41) is 3.22. The molecule has 0 spiro atoms. The van der Waals surface area contributed by atoms with Crippen molar-refractivity contribution in [1.82, 2.24) is 0 Å². The van der Waals surface area contributed by atoms with Gasteiger partial charge in [-0.3, -0.25) is 0 Å². The topological polar surface area (TPSA) is 21.3 Å². The lowest BCUT2D eigenvalue weighted by atomic mass is 9.85. The molecule has 0 heterocycles. The first-order valence-corrected chi connectivity index (χ1v) is 6.88. The molecule has 2 nitrogen and oxygen atoms in total. The summed E-state index contributed by atoms with van der Waals surface area (Å²) < 4.78 is 43.7. The number of ether oxygens (including phenoxy) is 1. The Kier molecular flexibility index (Phi) is 4.45. The van der Waals surface area contributed by atoms with Gasteiger partial charge in [-0.1, -0.05) is 12.5 Å². The fourth-order valence-electron chi connectivity index (χ4n) is 2.77. The monoisotopic (exact) mass is 287 g/mol. The number of hydrogen-bond donors (Lipinski definition) is 1. The summed E-state index contributed by atoms with van der Waals surface area (Å²) >= 11 is 0. The summed E-state index contributed by atoms with van der Waals surface area (Å²) in [7, 11) is 1.56. The highest BCUT2D eigenvalue weighted by atomic mass is 19.4. The Hall–Kier alpha value is -1.39. The van der Waals surface area contributed by atoms with Gasteiger partial charge in [0.15, 0.2) is 0 Å². The predicted molar refractivity (Wildman–Crippen MR) is 73.2 cm³/mol. The van der Waals surface area contributed by atoms with Crippen molar-refractivity contribution < 1.29 is 17.9 Å². The summed E-state index contributed by atoms with van der Waals surface area (Å²) in [5.74, 6) is -0.519. The quantitative estimate of drug-likeness (QED) is 0.881. The van der Waals surface area contributed by atoms with Gasteiger partial charge in [-0.25, -0.2) is 0 Å². The van der Waals surface area contributed by atoms with E-state index in [9.17, 15) is 13.2 Å². The molecule has 1 N–H and O–H groups in total. The van der Waals surface area contributed by atoms with Crippen LogP contribution in [-0.2, 0) is 0 Å². The molecule has 1 aromatic rings. The van der Waals surface area contributed by atoms with Crippen LogP contribution in [0.3, 0.4) is 0 Å². The lowest BCUT2D eigenvalue weighted by Crippen LogP contribution is -2.34. The highest BCUT2D eigenvalue weighted by Crippen LogP contribution is 2.39. The van der Waals surface area contributed by atoms with E-state index in [1.807, 2.05) is 25.1 Å². The lowest BCUT2D eigenvalue weighted by molar-refractivity contribution is -0.182. The number of aryl methyl sites for hydroxylation is 1. The van der Waals surface area contributed by atoms with Crippen LogP contribution < -0.4 is 10.1 Å². The second kappa shape index (κ2) is 5.94. The molecule has 5 heteroatoms. The first-order valence-electron chi connectivity index (χ1n) is 6.88. The Morgan fingerprint density at radius 1 is 1.25 bits per heavy atom. The average molecular weight is 287 g/mol. The van der Waals surface area contributed by atoms with E-state index in [-0.39, 0.29) is 18.9 Å². The van der Waals surface area contributed by atoms with E-state index in [0.717, 1.165) is 17.7 Å². The van der Waals surface area contributed by atoms with Crippen molar-refractivity contribution in [2.75, 3.05) is 12.4 Å². The van der Waals surface area contributed by atoms with Crippen LogP contribution in [0.1, 0.15) is 31.2 Å². The SMILES string of the molecule is COc1ccc(C)cc1NC1CCCC(C(F)(F)F)C1. The van der Waals surface area contributed by atoms with Gasteiger partial charge in [0.05, 0.1) is 18.7 Å². The molecule has 0 aromatic heterocycles. The standard InChI is InChI=1S/C15H20F3NO/c1-10-6-7-14(20-2)13(8-10)19-12-5-3-4-11(9-12)15(16,17)18/h6-8,11-12,19H,3-5,9H2,1-2H3. The number of benzene rings is 1. The number of hydrogen-bond acceptors (Lipinski definition) is 2. The van der Waals surface area contributed by atoms with E-state index in [0.29, 0.717) is 12.2 Å². The van der Waals surface area contributed by atoms with Gasteiger partial charge in [0.2, 0.25) is 0 Å². The van der Waals surface area contributed by atoms with Crippen LogP contribution in [0.15, 0.2) is 18.2 Å². The molecule has 0 amide bonds. The number of anilines is 1. The molecule has 2 atom stereocenters. The molecule has 2 unspecified atom stereocenters. The van der Waals surface area contributed by atoms with Gasteiger partial charge < -0.3 is 10.1 Å². The van der Waals surface area contributed by atoms with Crippen molar-refractivity contribution in [3.05, 3.63) is 23.8 Å². The molecule has 1 fully saturated rings. The largest absolute Gasteiger partial charge is 0.495 e. The first-order chi connectivity index (χ1) is 9.40. The van der Waals surface area contributed by atoms with Crippen LogP contribution in [0.2, 0.25) is 0 Å². The zero-order valence-electron chi connectivity index (χ0n) is 11.8. The van der Waals surface area contributed by atoms with E-state index in [1.54, 1.807) is 7.11 Å². The summed E-state index contributed by atoms with van der Waals surface area (Å²) in [6.07, 6.45) is -2.33. The molecular weight excluding hydrogens is 267 g/mol. The van der Waals surface area contributed by atoms with Crippen LogP contribution in [0.25, 0.3) is 0 Å². The molecule has 112 valence electrons. The molecule has 1 aromatic carbocycles. The highest BCUT2D eigenvalue weighted by Gasteiger charge is 2.42. The molecule has 0 bridgehead atoms. The molecule has 0 saturated heterocycles. The van der Waals surface area contributed by atoms with Crippen molar-refractivity contribution in [3.63, 3.8) is 0 Å². The Labute approximate surface area is 117 Å². The molecule has 1 saturated carbocycles. The lowest BCUT2D eigenvalue weighted by Gasteiger charge is -2.32. The molecule has 0 aliphatic heterocycles. The maximum absolute atomic E-state index is 12.8. The van der Waals surface area contributed by atoms with Crippen LogP contribution in [0.5, 0.6) is 5.75 Å². The number of alkyl halides is 3. The van der Waals surface area contributed by atoms with E-state index < -0.39 is 12.1 Å². The Morgan fingerprint density at radius 3 is 2.65 bits per heavy atom. The van der Waals surface area contributed by atoms with E-state index in [1.165, 1.54) is 0 Å². The number of halogens is 3. The minimum absolute atomic E-state index is 0.139. The van der Waals surface area contributed by atoms with Gasteiger partial charge in [-0.15, -0.1) is 0 Å². The van der Waals surface area contributed by atoms with Crippen molar-refractivity contribution in [1.29, 1.82) is 0 Å². The van der Waals surface area contributed by atoms with Gasteiger partial charge in [0.25, 0.3) is 0 Å². The average Bonchev–Trinajstić information content (AvgIpc) is 2.38. The van der Waals surface area contributed by atoms with E-state index >= 15 is 0 Å². The van der Waals surface area contributed by atoms with Gasteiger partial charge in [0.1, 0.15) is 5.75 Å². The fourth-order valence-corrected chi connectivity index (χ4v) is 2.77. The Bertz CT molecular complexity index is 459. The van der Waals surface area contributed by atoms with Crippen molar-refractivity contribution >= 4 is 5.69 Å². The summed E-state index contributed by atoms with van der Waals surface area (Å²) in [5.41, 5.74) is 1.83. The third kappa shape index (κ3) is 3.58. The Balaban J connectivity index is 2.08. The van der Waals surface area contributed by atoms with Gasteiger partial charge in [0, 0.05) is 6.04 Å². The van der Waals surface area contributed by atoms with Crippen molar-refractivity contribution in [2.45, 2.75) is 44.8 Å². The van der Waals surface area contributed by atoms with Crippen LogP contribution in [0.4, 0.5) is 18.9 Å². The van der Waals surface area contributed by atoms with Gasteiger partial charge >= 0.3 is 6.18 Å². The molecule has 20 heavy (non-hydrogen) atoms. The van der Waals surface area contributed by atoms with Crippen LogP contribution >= 0.6 is 0 Å². The predicted octanol–water partition coefficient (Wildman–Crippen LogP) is 4.54. The van der Waals surface area contributed by atoms with Gasteiger partial charge in [-0.05, 0) is 43.9 Å². The minimum Gasteiger partial charge on any atom is -0.495 e. The smallest absolute Gasteiger partial charge is 0.391 e. The third-order valence-corrected chi connectivity index (χ3v) is 3.85. The number of methoxy groups -OCH3 is 1. The number of nitrogens with one attached hydrogen (secondary N) is 1. The van der Waals surface area contributed by atoms with Crippen molar-refractivity contribution in [2.24, 2.45) is 5.92 Å². The van der Waals surface area contributed by atoms with E-state index in [2.05, 4.69) is 5.32 Å². The summed E-state index contributed by atoms with van der Waals surface area (Å²) in [6, 6.07) is 5.52. The maximum Gasteiger partial charge on any atom is 0.391 e. The van der Waals surface area contributed by atoms with Crippen LogP contribution in [0, 0.1) is 12.8 Å². The molecule has 1 aliphatic carbocycles. The van der Waals surface area contributed by atoms with Crippen molar-refractivity contribution in [3.8, 4) is 5.75 Å². The first kappa shape index (κ1) is 15.0. The highest BCUT2D eigenvalue weighted by molar-refractivity contribution is 5.58. The zero-order valence-corrected chi connectivity index (χ0v) is 11.8. The normalized spacial score (nSPS) is 23.4. The molecule has 2 rings (SSSR count). The van der Waals surface area contributed by atoms with E-state index in [4.69, 9.17) is 4.74 Å². The molecular formula is C15H20F3NO. The van der Waals surface area contributed by atoms with Crippen LogP contribution in [-0.4, -0.2) is 19.3 Å². The molecule has 0 radical (unpaired) electrons. The second-order valence-corrected chi connectivity index (χ2v) is 5.45. The third-order valence-electron chi connectivity index (χ3n) is 3.85. The summed E-state index contributed by atoms with van der Waals surface area (Å²) in [4.78, 5) is 0. The summed E-state index contributed by atoms with van der Waals surface area (Å²) in [6.45, 7) is 1.95.